The van der Waals surface area contributed by atoms with Crippen LogP contribution in [0.4, 0.5) is 0 Å². The van der Waals surface area contributed by atoms with Crippen LogP contribution in [0, 0.1) is 26.7 Å². The summed E-state index contributed by atoms with van der Waals surface area (Å²) in [5, 5.41) is 4.70. The number of aromatic nitrogens is 2. The summed E-state index contributed by atoms with van der Waals surface area (Å²) in [7, 11) is 0. The van der Waals surface area contributed by atoms with Gasteiger partial charge in [-0.3, -0.25) is 4.79 Å². The lowest BCUT2D eigenvalue weighted by molar-refractivity contribution is 0.0745. The van der Waals surface area contributed by atoms with Gasteiger partial charge in [0.25, 0.3) is 11.6 Å². The Morgan fingerprint density at radius 2 is 2.07 bits per heavy atom. The van der Waals surface area contributed by atoms with Crippen molar-refractivity contribution < 1.29 is 13.7 Å². The molecule has 1 aliphatic rings. The standard InChI is InChI=1S/C20H24N4O3.ClH/c1-10-5-14(8-21)9-24(10)20(25)16-7-17(15-6-11(2)26-13(15)4)22-19-18(16)12(3)23-27-19;/h6-7,10,14H,5,8-9,21H2,1-4H3;1H. The van der Waals surface area contributed by atoms with Crippen molar-refractivity contribution in [2.45, 2.75) is 40.2 Å². The van der Waals surface area contributed by atoms with E-state index in [9.17, 15) is 4.79 Å². The number of likely N-dealkylation sites (tertiary alicyclic amines) is 1. The number of nitrogens with zero attached hydrogens (tertiary/aromatic N) is 3. The van der Waals surface area contributed by atoms with E-state index in [1.165, 1.54) is 0 Å². The maximum atomic E-state index is 13.4. The first kappa shape index (κ1) is 20.4. The molecule has 2 atom stereocenters. The summed E-state index contributed by atoms with van der Waals surface area (Å²) in [4.78, 5) is 19.9. The van der Waals surface area contributed by atoms with E-state index in [2.05, 4.69) is 17.1 Å². The molecule has 0 saturated carbocycles. The lowest BCUT2D eigenvalue weighted by Crippen LogP contribution is -2.34. The van der Waals surface area contributed by atoms with Crippen LogP contribution in [0.3, 0.4) is 0 Å². The minimum atomic E-state index is -0.0312. The maximum Gasteiger partial charge on any atom is 0.259 e. The fourth-order valence-electron chi connectivity index (χ4n) is 4.04. The SMILES string of the molecule is Cc1cc(-c2cc(C(=O)N3CC(CN)CC3C)c3c(C)noc3n2)c(C)o1.Cl. The number of pyridine rings is 1. The van der Waals surface area contributed by atoms with Crippen LogP contribution >= 0.6 is 12.4 Å². The molecular weight excluding hydrogens is 380 g/mol. The van der Waals surface area contributed by atoms with Crippen molar-refractivity contribution in [3.63, 3.8) is 0 Å². The van der Waals surface area contributed by atoms with Gasteiger partial charge in [-0.25, -0.2) is 4.98 Å². The molecule has 0 radical (unpaired) electrons. The Labute approximate surface area is 169 Å². The van der Waals surface area contributed by atoms with E-state index in [-0.39, 0.29) is 24.4 Å². The molecule has 1 aliphatic heterocycles. The fourth-order valence-corrected chi connectivity index (χ4v) is 4.04. The Kier molecular flexibility index (Phi) is 5.50. The highest BCUT2D eigenvalue weighted by molar-refractivity contribution is 6.07. The minimum Gasteiger partial charge on any atom is -0.466 e. The average molecular weight is 405 g/mol. The number of furan rings is 1. The number of fused-ring (bicyclic) bond motifs is 1. The van der Waals surface area contributed by atoms with Crippen LogP contribution in [0.15, 0.2) is 21.1 Å². The van der Waals surface area contributed by atoms with Gasteiger partial charge in [-0.05, 0) is 58.7 Å². The number of nitrogens with two attached hydrogens (primary N) is 1. The maximum absolute atomic E-state index is 13.4. The second kappa shape index (κ2) is 7.56. The predicted molar refractivity (Wildman–Crippen MR) is 109 cm³/mol. The number of hydrogen-bond donors (Lipinski definition) is 1. The summed E-state index contributed by atoms with van der Waals surface area (Å²) in [5.74, 6) is 1.86. The third-order valence-electron chi connectivity index (χ3n) is 5.42. The first-order valence-corrected chi connectivity index (χ1v) is 9.24. The van der Waals surface area contributed by atoms with Crippen LogP contribution < -0.4 is 5.73 Å². The predicted octanol–water partition coefficient (Wildman–Crippen LogP) is 3.64. The molecule has 3 aromatic rings. The lowest BCUT2D eigenvalue weighted by atomic mass is 10.0. The second-order valence-corrected chi connectivity index (χ2v) is 7.47. The van der Waals surface area contributed by atoms with Crippen molar-refractivity contribution in [1.82, 2.24) is 15.0 Å². The van der Waals surface area contributed by atoms with E-state index >= 15 is 0 Å². The summed E-state index contributed by atoms with van der Waals surface area (Å²) in [6.45, 7) is 8.92. The summed E-state index contributed by atoms with van der Waals surface area (Å²) < 4.78 is 11.0. The third kappa shape index (κ3) is 3.29. The largest absolute Gasteiger partial charge is 0.466 e. The van der Waals surface area contributed by atoms with E-state index in [1.54, 1.807) is 0 Å². The van der Waals surface area contributed by atoms with E-state index in [4.69, 9.17) is 14.7 Å². The van der Waals surface area contributed by atoms with E-state index < -0.39 is 0 Å². The van der Waals surface area contributed by atoms with Crippen LogP contribution in [-0.4, -0.2) is 40.1 Å². The number of rotatable bonds is 3. The Morgan fingerprint density at radius 3 is 2.68 bits per heavy atom. The molecule has 7 nitrogen and oxygen atoms in total. The van der Waals surface area contributed by atoms with Crippen LogP contribution in [0.5, 0.6) is 0 Å². The number of carbonyl (C=O) groups is 1. The van der Waals surface area contributed by atoms with E-state index in [0.29, 0.717) is 47.1 Å². The van der Waals surface area contributed by atoms with Gasteiger partial charge in [-0.1, -0.05) is 5.16 Å². The molecule has 0 aromatic carbocycles. The summed E-state index contributed by atoms with van der Waals surface area (Å²) in [5.41, 5.74) is 8.93. The molecule has 150 valence electrons. The zero-order chi connectivity index (χ0) is 19.3. The normalized spacial score (nSPS) is 19.2. The van der Waals surface area contributed by atoms with Gasteiger partial charge in [0.2, 0.25) is 0 Å². The molecule has 0 spiro atoms. The first-order valence-electron chi connectivity index (χ1n) is 9.24. The van der Waals surface area contributed by atoms with Gasteiger partial charge in [0.05, 0.1) is 22.3 Å². The number of halogens is 1. The van der Waals surface area contributed by atoms with Gasteiger partial charge in [0.15, 0.2) is 0 Å². The molecular formula is C20H25ClN4O3. The number of amides is 1. The number of aryl methyl sites for hydroxylation is 3. The molecule has 0 aliphatic carbocycles. The van der Waals surface area contributed by atoms with Gasteiger partial charge in [-0.2, -0.15) is 0 Å². The first-order chi connectivity index (χ1) is 12.9. The van der Waals surface area contributed by atoms with Crippen LogP contribution in [0.25, 0.3) is 22.4 Å². The number of hydrogen-bond acceptors (Lipinski definition) is 6. The van der Waals surface area contributed by atoms with Crippen molar-refractivity contribution in [2.24, 2.45) is 11.7 Å². The zero-order valence-electron chi connectivity index (χ0n) is 16.5. The van der Waals surface area contributed by atoms with Crippen molar-refractivity contribution in [1.29, 1.82) is 0 Å². The molecule has 2 unspecified atom stereocenters. The molecule has 1 amide bonds. The molecule has 2 N–H and O–H groups in total. The molecule has 3 aromatic heterocycles. The fraction of sp³-hybridized carbons (Fsp3) is 0.450. The second-order valence-electron chi connectivity index (χ2n) is 7.47. The topological polar surface area (TPSA) is 98.4 Å². The molecule has 8 heteroatoms. The van der Waals surface area contributed by atoms with Crippen molar-refractivity contribution in [3.05, 3.63) is 34.9 Å². The summed E-state index contributed by atoms with van der Waals surface area (Å²) >= 11 is 0. The quantitative estimate of drug-likeness (QED) is 0.715. The van der Waals surface area contributed by atoms with E-state index in [0.717, 1.165) is 23.5 Å². The van der Waals surface area contributed by atoms with Gasteiger partial charge in [0, 0.05) is 18.2 Å². The Bertz CT molecular complexity index is 1030. The van der Waals surface area contributed by atoms with Crippen molar-refractivity contribution >= 4 is 29.4 Å². The smallest absolute Gasteiger partial charge is 0.259 e. The summed E-state index contributed by atoms with van der Waals surface area (Å²) in [6.07, 6.45) is 0.923. The van der Waals surface area contributed by atoms with Crippen molar-refractivity contribution in [2.75, 3.05) is 13.1 Å². The highest BCUT2D eigenvalue weighted by atomic mass is 35.5. The van der Waals surface area contributed by atoms with Crippen LogP contribution in [0.1, 0.15) is 40.9 Å². The molecule has 4 heterocycles. The Hall–Kier alpha value is -2.38. The van der Waals surface area contributed by atoms with Gasteiger partial charge in [0.1, 0.15) is 11.5 Å². The average Bonchev–Trinajstić information content (AvgIpc) is 3.30. The molecule has 1 saturated heterocycles. The molecule has 28 heavy (non-hydrogen) atoms. The van der Waals surface area contributed by atoms with E-state index in [1.807, 2.05) is 37.8 Å². The highest BCUT2D eigenvalue weighted by Gasteiger charge is 2.34. The monoisotopic (exact) mass is 404 g/mol. The Balaban J connectivity index is 0.00000225. The molecule has 4 rings (SSSR count). The summed E-state index contributed by atoms with van der Waals surface area (Å²) in [6, 6.07) is 3.90. The molecule has 0 bridgehead atoms. The van der Waals surface area contributed by atoms with Gasteiger partial charge < -0.3 is 19.6 Å². The Morgan fingerprint density at radius 1 is 1.32 bits per heavy atom. The van der Waals surface area contributed by atoms with Crippen LogP contribution in [-0.2, 0) is 0 Å². The lowest BCUT2D eigenvalue weighted by Gasteiger charge is -2.22. The number of carbonyl (C=O) groups excluding carboxylic acids is 1. The molecule has 1 fully saturated rings. The van der Waals surface area contributed by atoms with Crippen molar-refractivity contribution in [3.8, 4) is 11.3 Å². The zero-order valence-corrected chi connectivity index (χ0v) is 17.3. The van der Waals surface area contributed by atoms with Gasteiger partial charge in [-0.15, -0.1) is 12.4 Å². The van der Waals surface area contributed by atoms with Crippen LogP contribution in [0.2, 0.25) is 0 Å². The van der Waals surface area contributed by atoms with Gasteiger partial charge >= 0.3 is 0 Å². The highest BCUT2D eigenvalue weighted by Crippen LogP contribution is 2.32. The minimum absolute atomic E-state index is 0. The third-order valence-corrected chi connectivity index (χ3v) is 5.42.